The van der Waals surface area contributed by atoms with E-state index in [1.165, 1.54) is 26.4 Å². The molecule has 0 saturated heterocycles. The van der Waals surface area contributed by atoms with Gasteiger partial charge in [0, 0.05) is 15.8 Å². The van der Waals surface area contributed by atoms with Gasteiger partial charge in [-0.15, -0.1) is 11.3 Å². The molecule has 0 aliphatic carbocycles. The molecule has 1 unspecified atom stereocenters. The van der Waals surface area contributed by atoms with Crippen LogP contribution in [0, 0.1) is 20.8 Å². The molecule has 0 aliphatic heterocycles. The van der Waals surface area contributed by atoms with Crippen LogP contribution >= 0.6 is 11.3 Å². The zero-order valence-corrected chi connectivity index (χ0v) is 11.5. The topological polar surface area (TPSA) is 26.0 Å². The third-order valence-electron chi connectivity index (χ3n) is 3.18. The Kier molecular flexibility index (Phi) is 3.65. The zero-order valence-electron chi connectivity index (χ0n) is 10.7. The summed E-state index contributed by atoms with van der Waals surface area (Å²) in [6.45, 7) is 6.44. The van der Waals surface area contributed by atoms with Gasteiger partial charge in [0.25, 0.3) is 0 Å². The summed E-state index contributed by atoms with van der Waals surface area (Å²) in [4.78, 5) is 2.70. The minimum absolute atomic E-state index is 0.112. The molecule has 1 nitrogen and oxygen atoms in total. The van der Waals surface area contributed by atoms with Crippen molar-refractivity contribution in [2.45, 2.75) is 33.2 Å². The molecule has 2 heteroatoms. The van der Waals surface area contributed by atoms with Crippen molar-refractivity contribution < 1.29 is 0 Å². The van der Waals surface area contributed by atoms with Crippen LogP contribution in [0.15, 0.2) is 30.3 Å². The van der Waals surface area contributed by atoms with Crippen LogP contribution in [0.1, 0.15) is 32.5 Å². The smallest absolute Gasteiger partial charge is 0.0346 e. The van der Waals surface area contributed by atoms with Crippen molar-refractivity contribution in [3.05, 3.63) is 56.8 Å². The Balaban J connectivity index is 2.20. The third-order valence-corrected chi connectivity index (χ3v) is 4.16. The van der Waals surface area contributed by atoms with Crippen LogP contribution in [-0.2, 0) is 6.42 Å². The summed E-state index contributed by atoms with van der Waals surface area (Å²) >= 11 is 1.83. The van der Waals surface area contributed by atoms with Crippen LogP contribution in [0.4, 0.5) is 0 Å². The average molecular weight is 245 g/mol. The number of nitrogens with two attached hydrogens (primary N) is 1. The highest BCUT2D eigenvalue weighted by Gasteiger charge is 2.13. The first kappa shape index (κ1) is 12.3. The number of thiophene rings is 1. The summed E-state index contributed by atoms with van der Waals surface area (Å²) in [5, 5.41) is 0. The van der Waals surface area contributed by atoms with Crippen LogP contribution in [-0.4, -0.2) is 0 Å². The van der Waals surface area contributed by atoms with E-state index in [1.54, 1.807) is 0 Å². The first-order chi connectivity index (χ1) is 8.08. The fourth-order valence-electron chi connectivity index (χ4n) is 2.20. The van der Waals surface area contributed by atoms with Crippen molar-refractivity contribution in [1.29, 1.82) is 0 Å². The minimum atomic E-state index is 0.112. The van der Waals surface area contributed by atoms with Crippen LogP contribution in [0.25, 0.3) is 0 Å². The lowest BCUT2D eigenvalue weighted by molar-refractivity contribution is 0.717. The zero-order chi connectivity index (χ0) is 12.4. The van der Waals surface area contributed by atoms with Crippen LogP contribution in [0.2, 0.25) is 0 Å². The predicted molar refractivity (Wildman–Crippen MR) is 75.6 cm³/mol. The summed E-state index contributed by atoms with van der Waals surface area (Å²) in [6.07, 6.45) is 0.920. The molecule has 0 aliphatic rings. The first-order valence-electron chi connectivity index (χ1n) is 5.95. The Morgan fingerprint density at radius 2 is 1.88 bits per heavy atom. The van der Waals surface area contributed by atoms with Gasteiger partial charge in [-0.25, -0.2) is 0 Å². The molecule has 0 spiro atoms. The normalized spacial score (nSPS) is 12.7. The van der Waals surface area contributed by atoms with Gasteiger partial charge < -0.3 is 5.73 Å². The summed E-state index contributed by atoms with van der Waals surface area (Å²) < 4.78 is 0. The lowest BCUT2D eigenvalue weighted by Crippen LogP contribution is -2.14. The third kappa shape index (κ3) is 2.76. The lowest BCUT2D eigenvalue weighted by atomic mass is 9.97. The van der Waals surface area contributed by atoms with E-state index in [-0.39, 0.29) is 6.04 Å². The number of hydrogen-bond donors (Lipinski definition) is 1. The number of hydrogen-bond acceptors (Lipinski definition) is 2. The second-order valence-corrected chi connectivity index (χ2v) is 6.07. The second kappa shape index (κ2) is 5.03. The van der Waals surface area contributed by atoms with Gasteiger partial charge in [-0.1, -0.05) is 24.3 Å². The fraction of sp³-hybridized carbons (Fsp3) is 0.333. The van der Waals surface area contributed by atoms with Gasteiger partial charge in [-0.05, 0) is 49.9 Å². The largest absolute Gasteiger partial charge is 0.324 e. The molecular formula is C15H19NS. The van der Waals surface area contributed by atoms with Gasteiger partial charge in [0.1, 0.15) is 0 Å². The molecule has 1 aromatic carbocycles. The molecule has 2 aromatic rings. The SMILES string of the molecule is Cc1cc(C(N)Cc2ccccc2C)c(C)s1. The maximum atomic E-state index is 6.32. The van der Waals surface area contributed by atoms with E-state index in [1.807, 2.05) is 11.3 Å². The van der Waals surface area contributed by atoms with E-state index in [2.05, 4.69) is 51.1 Å². The summed E-state index contributed by atoms with van der Waals surface area (Å²) in [5.74, 6) is 0. The molecule has 1 atom stereocenters. The number of rotatable bonds is 3. The average Bonchev–Trinajstić information content (AvgIpc) is 2.61. The Morgan fingerprint density at radius 3 is 2.47 bits per heavy atom. The van der Waals surface area contributed by atoms with Crippen molar-refractivity contribution in [3.63, 3.8) is 0 Å². The van der Waals surface area contributed by atoms with Gasteiger partial charge in [0.2, 0.25) is 0 Å². The molecular weight excluding hydrogens is 226 g/mol. The molecule has 0 bridgehead atoms. The quantitative estimate of drug-likeness (QED) is 0.871. The molecule has 0 fully saturated rings. The number of aryl methyl sites for hydroxylation is 3. The van der Waals surface area contributed by atoms with Gasteiger partial charge in [0.05, 0.1) is 0 Å². The van der Waals surface area contributed by atoms with E-state index >= 15 is 0 Å². The minimum Gasteiger partial charge on any atom is -0.324 e. The Labute approximate surface area is 107 Å². The standard InChI is InChI=1S/C15H19NS/c1-10-6-4-5-7-13(10)9-15(16)14-8-11(2)17-12(14)3/h4-8,15H,9,16H2,1-3H3. The molecule has 0 saturated carbocycles. The van der Waals surface area contributed by atoms with Gasteiger partial charge in [0.15, 0.2) is 0 Å². The second-order valence-electron chi connectivity index (χ2n) is 4.61. The van der Waals surface area contributed by atoms with Crippen LogP contribution in [0.3, 0.4) is 0 Å². The van der Waals surface area contributed by atoms with Crippen molar-refractivity contribution >= 4 is 11.3 Å². The van der Waals surface area contributed by atoms with Gasteiger partial charge in [-0.2, -0.15) is 0 Å². The van der Waals surface area contributed by atoms with Gasteiger partial charge >= 0.3 is 0 Å². The first-order valence-corrected chi connectivity index (χ1v) is 6.76. The lowest BCUT2D eigenvalue weighted by Gasteiger charge is -2.13. The van der Waals surface area contributed by atoms with Crippen LogP contribution < -0.4 is 5.73 Å². The molecule has 1 aromatic heterocycles. The Bertz CT molecular complexity index is 513. The summed E-state index contributed by atoms with van der Waals surface area (Å²) in [6, 6.07) is 10.8. The highest BCUT2D eigenvalue weighted by Crippen LogP contribution is 2.27. The summed E-state index contributed by atoms with van der Waals surface area (Å²) in [5.41, 5.74) is 10.3. The van der Waals surface area contributed by atoms with E-state index in [9.17, 15) is 0 Å². The highest BCUT2D eigenvalue weighted by molar-refractivity contribution is 7.12. The van der Waals surface area contributed by atoms with Crippen molar-refractivity contribution in [3.8, 4) is 0 Å². The monoisotopic (exact) mass is 245 g/mol. The van der Waals surface area contributed by atoms with Gasteiger partial charge in [-0.3, -0.25) is 0 Å². The maximum absolute atomic E-state index is 6.32. The molecule has 0 amide bonds. The van der Waals surface area contributed by atoms with E-state index < -0.39 is 0 Å². The fourth-order valence-corrected chi connectivity index (χ4v) is 3.20. The Hall–Kier alpha value is -1.12. The van der Waals surface area contributed by atoms with E-state index in [4.69, 9.17) is 5.73 Å². The van der Waals surface area contributed by atoms with Crippen molar-refractivity contribution in [2.75, 3.05) is 0 Å². The molecule has 1 heterocycles. The van der Waals surface area contributed by atoms with E-state index in [0.29, 0.717) is 0 Å². The number of benzene rings is 1. The van der Waals surface area contributed by atoms with Crippen molar-refractivity contribution in [1.82, 2.24) is 0 Å². The maximum Gasteiger partial charge on any atom is 0.0346 e. The highest BCUT2D eigenvalue weighted by atomic mass is 32.1. The molecule has 90 valence electrons. The predicted octanol–water partition coefficient (Wildman–Crippen LogP) is 3.92. The molecule has 17 heavy (non-hydrogen) atoms. The molecule has 0 radical (unpaired) electrons. The summed E-state index contributed by atoms with van der Waals surface area (Å²) in [7, 11) is 0. The van der Waals surface area contributed by atoms with E-state index in [0.717, 1.165) is 6.42 Å². The van der Waals surface area contributed by atoms with Crippen LogP contribution in [0.5, 0.6) is 0 Å². The molecule has 2 rings (SSSR count). The molecule has 2 N–H and O–H groups in total. The van der Waals surface area contributed by atoms with Crippen molar-refractivity contribution in [2.24, 2.45) is 5.73 Å². The Morgan fingerprint density at radius 1 is 1.18 bits per heavy atom.